The number of hydrogen-bond donors (Lipinski definition) is 0. The number of benzene rings is 1. The maximum Gasteiger partial charge on any atom is 0.302 e. The molecule has 3 heteroatoms. The third kappa shape index (κ3) is 1.09. The fourth-order valence-electron chi connectivity index (χ4n) is 1.31. The quantitative estimate of drug-likeness (QED) is 0.442. The molecule has 13 heavy (non-hydrogen) atoms. The number of hydrogen-bond acceptors (Lipinski definition) is 2. The molecule has 0 saturated heterocycles. The molecule has 1 aromatic carbocycles. The van der Waals surface area contributed by atoms with Gasteiger partial charge in [0.25, 0.3) is 0 Å². The van der Waals surface area contributed by atoms with E-state index >= 15 is 0 Å². The molecule has 0 aliphatic heterocycles. The van der Waals surface area contributed by atoms with Crippen LogP contribution in [0.2, 0.25) is 0 Å². The van der Waals surface area contributed by atoms with Gasteiger partial charge in [-0.05, 0) is 11.5 Å². The van der Waals surface area contributed by atoms with Crippen molar-refractivity contribution in [1.82, 2.24) is 0 Å². The van der Waals surface area contributed by atoms with Gasteiger partial charge in [0, 0.05) is 6.07 Å². The molecule has 1 aromatic heterocycles. The lowest BCUT2D eigenvalue weighted by Gasteiger charge is -2.00. The van der Waals surface area contributed by atoms with Crippen molar-refractivity contribution in [3.05, 3.63) is 47.4 Å². The summed E-state index contributed by atoms with van der Waals surface area (Å²) < 4.78 is 0.586. The molecule has 2 rings (SSSR count). The van der Waals surface area contributed by atoms with E-state index in [4.69, 9.17) is 5.26 Å². The lowest BCUT2D eigenvalue weighted by molar-refractivity contribution is -0.606. The van der Waals surface area contributed by atoms with Gasteiger partial charge in [-0.1, -0.05) is 18.2 Å². The van der Waals surface area contributed by atoms with Gasteiger partial charge in [0.1, 0.15) is 0 Å². The summed E-state index contributed by atoms with van der Waals surface area (Å²) in [6.07, 6.45) is 1.35. The molecule has 0 amide bonds. The van der Waals surface area contributed by atoms with Gasteiger partial charge >= 0.3 is 5.69 Å². The maximum atomic E-state index is 11.2. The first-order chi connectivity index (χ1) is 6.33. The molecule has 0 unspecified atom stereocenters. The highest BCUT2D eigenvalue weighted by Crippen LogP contribution is 2.13. The second-order valence-electron chi connectivity index (χ2n) is 2.69. The van der Waals surface area contributed by atoms with Gasteiger partial charge in [-0.25, -0.2) is 0 Å². The van der Waals surface area contributed by atoms with E-state index in [1.807, 2.05) is 24.3 Å². The highest BCUT2D eigenvalue weighted by Gasteiger charge is 2.08. The van der Waals surface area contributed by atoms with Crippen molar-refractivity contribution in [2.45, 2.75) is 0 Å². The Morgan fingerprint density at radius 3 is 2.77 bits per heavy atom. The van der Waals surface area contributed by atoms with Gasteiger partial charge in [-0.2, -0.15) is 9.99 Å². The second-order valence-corrected chi connectivity index (χ2v) is 2.69. The molecule has 1 heterocycles. The molecule has 0 spiro atoms. The molecular formula is C10H6N2O. The summed E-state index contributed by atoms with van der Waals surface area (Å²) in [6, 6.07) is 10.9. The molecule has 0 saturated carbocycles. The fourth-order valence-corrected chi connectivity index (χ4v) is 1.31. The number of aromatic nitrogens is 1. The topological polar surface area (TPSA) is 50.7 Å². The van der Waals surface area contributed by atoms with E-state index in [-0.39, 0.29) is 5.69 Å². The Bertz CT molecular complexity index is 500. The summed E-state index contributed by atoms with van der Waals surface area (Å²) >= 11 is 0. The van der Waals surface area contributed by atoms with Crippen LogP contribution in [0.5, 0.6) is 0 Å². The monoisotopic (exact) mass is 170 g/mol. The van der Waals surface area contributed by atoms with Gasteiger partial charge < -0.3 is 5.21 Å². The van der Waals surface area contributed by atoms with Crippen LogP contribution < -0.4 is 4.73 Å². The van der Waals surface area contributed by atoms with Crippen LogP contribution in [-0.2, 0) is 0 Å². The van der Waals surface area contributed by atoms with E-state index in [0.29, 0.717) is 10.1 Å². The number of pyridine rings is 1. The van der Waals surface area contributed by atoms with Gasteiger partial charge in [0.05, 0.1) is 5.39 Å². The molecule has 0 N–H and O–H groups in total. The van der Waals surface area contributed by atoms with E-state index in [1.165, 1.54) is 6.20 Å². The second kappa shape index (κ2) is 2.76. The average molecular weight is 170 g/mol. The van der Waals surface area contributed by atoms with Gasteiger partial charge in [0.15, 0.2) is 12.3 Å². The summed E-state index contributed by atoms with van der Waals surface area (Å²) in [6.45, 7) is 0. The van der Waals surface area contributed by atoms with Gasteiger partial charge in [0.2, 0.25) is 0 Å². The Morgan fingerprint density at radius 2 is 2.00 bits per heavy atom. The third-order valence-electron chi connectivity index (χ3n) is 1.93. The van der Waals surface area contributed by atoms with E-state index < -0.39 is 0 Å². The molecule has 0 atom stereocenters. The largest absolute Gasteiger partial charge is 0.618 e. The van der Waals surface area contributed by atoms with Crippen LogP contribution >= 0.6 is 0 Å². The normalized spacial score (nSPS) is 9.77. The van der Waals surface area contributed by atoms with Crippen molar-refractivity contribution >= 4 is 10.8 Å². The van der Waals surface area contributed by atoms with Crippen LogP contribution in [0, 0.1) is 16.5 Å². The Balaban J connectivity index is 2.94. The summed E-state index contributed by atoms with van der Waals surface area (Å²) in [5.41, 5.74) is 0.151. The lowest BCUT2D eigenvalue weighted by atomic mass is 10.1. The van der Waals surface area contributed by atoms with Crippen molar-refractivity contribution in [2.75, 3.05) is 0 Å². The number of rotatable bonds is 0. The zero-order chi connectivity index (χ0) is 9.26. The fraction of sp³-hybridized carbons (Fsp3) is 0. The Morgan fingerprint density at radius 1 is 1.23 bits per heavy atom. The maximum absolute atomic E-state index is 11.2. The van der Waals surface area contributed by atoms with Crippen molar-refractivity contribution in [2.24, 2.45) is 0 Å². The predicted molar refractivity (Wildman–Crippen MR) is 47.6 cm³/mol. The van der Waals surface area contributed by atoms with Crippen LogP contribution in [0.15, 0.2) is 36.5 Å². The highest BCUT2D eigenvalue weighted by atomic mass is 16.5. The van der Waals surface area contributed by atoms with Crippen molar-refractivity contribution in [3.8, 4) is 6.07 Å². The molecule has 0 bridgehead atoms. The summed E-state index contributed by atoms with van der Waals surface area (Å²) in [5.74, 6) is 0. The van der Waals surface area contributed by atoms with E-state index in [9.17, 15) is 5.21 Å². The molecule has 0 aliphatic rings. The summed E-state index contributed by atoms with van der Waals surface area (Å²) in [4.78, 5) is 0. The molecule has 0 radical (unpaired) electrons. The van der Waals surface area contributed by atoms with E-state index in [2.05, 4.69) is 0 Å². The minimum atomic E-state index is 0.151. The molecule has 62 valence electrons. The van der Waals surface area contributed by atoms with E-state index in [1.54, 1.807) is 12.1 Å². The average Bonchev–Trinajstić information content (AvgIpc) is 2.18. The predicted octanol–water partition coefficient (Wildman–Crippen LogP) is 1.34. The first-order valence-electron chi connectivity index (χ1n) is 3.84. The Hall–Kier alpha value is -2.08. The Kier molecular flexibility index (Phi) is 1.60. The molecule has 0 aliphatic carbocycles. The number of nitriles is 1. The minimum absolute atomic E-state index is 0.151. The SMILES string of the molecule is N#Cc1c2ccccc2cc[n+]1[O-]. The first-order valence-corrected chi connectivity index (χ1v) is 3.84. The van der Waals surface area contributed by atoms with Crippen LogP contribution in [0.3, 0.4) is 0 Å². The van der Waals surface area contributed by atoms with E-state index in [0.717, 1.165) is 5.39 Å². The Labute approximate surface area is 75.0 Å². The van der Waals surface area contributed by atoms with Crippen LogP contribution in [-0.4, -0.2) is 0 Å². The summed E-state index contributed by atoms with van der Waals surface area (Å²) in [5, 5.41) is 21.5. The number of nitrogens with zero attached hydrogens (tertiary/aromatic N) is 2. The molecule has 3 nitrogen and oxygen atoms in total. The third-order valence-corrected chi connectivity index (χ3v) is 1.93. The standard InChI is InChI=1S/C10H6N2O/c11-7-10-9-4-2-1-3-8(9)5-6-12(10)13/h1-6H. The zero-order valence-electron chi connectivity index (χ0n) is 6.77. The van der Waals surface area contributed by atoms with Crippen LogP contribution in [0.4, 0.5) is 0 Å². The van der Waals surface area contributed by atoms with Crippen molar-refractivity contribution in [3.63, 3.8) is 0 Å². The van der Waals surface area contributed by atoms with Gasteiger partial charge in [-0.15, -0.1) is 0 Å². The smallest absolute Gasteiger partial charge is 0.302 e. The number of fused-ring (bicyclic) bond motifs is 1. The van der Waals surface area contributed by atoms with Crippen molar-refractivity contribution in [1.29, 1.82) is 5.26 Å². The minimum Gasteiger partial charge on any atom is -0.618 e. The first kappa shape index (κ1) is 7.56. The van der Waals surface area contributed by atoms with Crippen LogP contribution in [0.25, 0.3) is 10.8 Å². The molecular weight excluding hydrogens is 164 g/mol. The summed E-state index contributed by atoms with van der Waals surface area (Å²) in [7, 11) is 0. The zero-order valence-corrected chi connectivity index (χ0v) is 6.77. The molecule has 2 aromatic rings. The lowest BCUT2D eigenvalue weighted by Crippen LogP contribution is -2.29. The van der Waals surface area contributed by atoms with Crippen LogP contribution in [0.1, 0.15) is 5.69 Å². The van der Waals surface area contributed by atoms with Crippen molar-refractivity contribution < 1.29 is 4.73 Å². The highest BCUT2D eigenvalue weighted by molar-refractivity contribution is 5.85. The molecule has 0 fully saturated rings. The van der Waals surface area contributed by atoms with Gasteiger partial charge in [-0.3, -0.25) is 0 Å².